The number of rotatable bonds is 1. The maximum absolute atomic E-state index is 12.3. The molecule has 3 saturated carbocycles. The Morgan fingerprint density at radius 1 is 1.00 bits per heavy atom. The first-order chi connectivity index (χ1) is 11.4. The van der Waals surface area contributed by atoms with Crippen molar-refractivity contribution in [1.29, 1.82) is 0 Å². The number of hydrogen-bond acceptors (Lipinski definition) is 2. The van der Waals surface area contributed by atoms with Crippen LogP contribution in [-0.4, -0.2) is 24.9 Å². The summed E-state index contributed by atoms with van der Waals surface area (Å²) in [6.45, 7) is 4.75. The zero-order valence-electron chi connectivity index (χ0n) is 17.3. The molecule has 4 rings (SSSR count). The normalized spacial score (nSPS) is 46.4. The van der Waals surface area contributed by atoms with Crippen molar-refractivity contribution in [3.63, 3.8) is 0 Å². The van der Waals surface area contributed by atoms with Gasteiger partial charge in [-0.2, -0.15) is 0 Å². The minimum Gasteiger partial charge on any atom is -0.656 e. The molecule has 0 radical (unpaired) electrons. The Labute approximate surface area is 182 Å². The topological polar surface area (TPSA) is 62.3 Å². The van der Waals surface area contributed by atoms with Gasteiger partial charge in [-0.25, -0.2) is 0 Å². The standard InChI is InChI=1S/C20H32N2O2.2Li/c1-19-10-8-14-12(13(19)5-6-15(19)18(24)21-3)4-7-16-20(14,2)11-9-17(23)22-16;;/h12-16H,4-11H2,1-3H3,(H2,21,22,23,24);;/q;2*+1/p-2/t12?,13?,14?,15-,16+,19?,20?;;/m1../s1. The Morgan fingerprint density at radius 2 is 1.69 bits per heavy atom. The number of hydrogen-bond donors (Lipinski definition) is 0. The predicted octanol–water partition coefficient (Wildman–Crippen LogP) is -1.55. The van der Waals surface area contributed by atoms with Gasteiger partial charge >= 0.3 is 37.7 Å². The van der Waals surface area contributed by atoms with Crippen LogP contribution in [0.3, 0.4) is 0 Å². The average Bonchev–Trinajstić information content (AvgIpc) is 2.92. The second kappa shape index (κ2) is 7.87. The number of piperidine rings is 1. The molecule has 26 heavy (non-hydrogen) atoms. The Bertz CT molecular complexity index is 572. The van der Waals surface area contributed by atoms with E-state index in [0.29, 0.717) is 24.2 Å². The number of amides is 2. The minimum atomic E-state index is 0. The average molecular weight is 344 g/mol. The summed E-state index contributed by atoms with van der Waals surface area (Å²) < 4.78 is 0. The smallest absolute Gasteiger partial charge is 0.656 e. The van der Waals surface area contributed by atoms with Crippen LogP contribution in [0, 0.1) is 34.5 Å². The molecule has 3 aliphatic carbocycles. The summed E-state index contributed by atoms with van der Waals surface area (Å²) in [5.41, 5.74) is 0.345. The van der Waals surface area contributed by atoms with Crippen LogP contribution in [0.1, 0.15) is 65.2 Å². The van der Waals surface area contributed by atoms with Crippen molar-refractivity contribution < 1.29 is 47.3 Å². The van der Waals surface area contributed by atoms with E-state index in [0.717, 1.165) is 25.7 Å². The second-order valence-corrected chi connectivity index (χ2v) is 9.23. The van der Waals surface area contributed by atoms with Crippen LogP contribution in [0.4, 0.5) is 0 Å². The number of carbonyl (C=O) groups excluding carboxylic acids is 2. The fourth-order valence-corrected chi connectivity index (χ4v) is 7.18. The molecule has 134 valence electrons. The van der Waals surface area contributed by atoms with Crippen LogP contribution >= 0.6 is 0 Å². The predicted molar refractivity (Wildman–Crippen MR) is 93.6 cm³/mol. The zero-order valence-corrected chi connectivity index (χ0v) is 17.3. The van der Waals surface area contributed by atoms with Crippen molar-refractivity contribution in [2.75, 3.05) is 7.05 Å². The maximum atomic E-state index is 12.3. The van der Waals surface area contributed by atoms with Crippen molar-refractivity contribution in [2.45, 2.75) is 71.3 Å². The first kappa shape index (κ1) is 22.4. The molecular weight excluding hydrogens is 314 g/mol. The van der Waals surface area contributed by atoms with Gasteiger partial charge in [0.1, 0.15) is 0 Å². The van der Waals surface area contributed by atoms with Crippen LogP contribution in [0.2, 0.25) is 0 Å². The molecular formula is C20H30Li2N2O2. The summed E-state index contributed by atoms with van der Waals surface area (Å²) in [5, 5.41) is 8.53. The molecule has 4 nitrogen and oxygen atoms in total. The fourth-order valence-electron chi connectivity index (χ4n) is 7.18. The van der Waals surface area contributed by atoms with Crippen molar-refractivity contribution in [3.05, 3.63) is 10.6 Å². The van der Waals surface area contributed by atoms with E-state index in [-0.39, 0.29) is 72.3 Å². The van der Waals surface area contributed by atoms with E-state index in [1.165, 1.54) is 19.3 Å². The molecule has 4 aliphatic rings. The van der Waals surface area contributed by atoms with Gasteiger partial charge in [-0.15, -0.1) is 13.1 Å². The van der Waals surface area contributed by atoms with Gasteiger partial charge in [0, 0.05) is 5.92 Å². The summed E-state index contributed by atoms with van der Waals surface area (Å²) >= 11 is 0. The zero-order chi connectivity index (χ0) is 17.1. The Hall–Kier alpha value is 0.135. The molecule has 0 N–H and O–H groups in total. The Kier molecular flexibility index (Phi) is 6.79. The van der Waals surface area contributed by atoms with E-state index in [9.17, 15) is 9.59 Å². The van der Waals surface area contributed by atoms with Crippen molar-refractivity contribution in [1.82, 2.24) is 0 Å². The molecule has 0 spiro atoms. The van der Waals surface area contributed by atoms with Crippen LogP contribution < -0.4 is 37.7 Å². The van der Waals surface area contributed by atoms with Crippen LogP contribution in [-0.2, 0) is 9.59 Å². The summed E-state index contributed by atoms with van der Waals surface area (Å²) in [5.74, 6) is 2.42. The molecule has 6 heteroatoms. The van der Waals surface area contributed by atoms with Crippen molar-refractivity contribution in [3.8, 4) is 0 Å². The quantitative estimate of drug-likeness (QED) is 0.541. The summed E-state index contributed by atoms with van der Waals surface area (Å²) in [7, 11) is 1.65. The molecule has 1 aliphatic heterocycles. The Morgan fingerprint density at radius 3 is 2.38 bits per heavy atom. The SMILES string of the molecule is C[N-]C(=O)[C@H]1CCC2C3CC[C@@H]4[N-]C(=O)CCC4(C)C3CCC21C.[Li+].[Li+]. The van der Waals surface area contributed by atoms with Gasteiger partial charge in [0.15, 0.2) is 0 Å². The molecule has 0 bridgehead atoms. The number of nitrogens with zero attached hydrogens (tertiary/aromatic N) is 2. The van der Waals surface area contributed by atoms with E-state index in [2.05, 4.69) is 24.5 Å². The molecule has 1 heterocycles. The van der Waals surface area contributed by atoms with E-state index >= 15 is 0 Å². The van der Waals surface area contributed by atoms with E-state index in [1.807, 2.05) is 0 Å². The second-order valence-electron chi connectivity index (χ2n) is 9.23. The molecule has 0 aromatic heterocycles. The van der Waals surface area contributed by atoms with E-state index < -0.39 is 0 Å². The number of carbonyl (C=O) groups is 2. The van der Waals surface area contributed by atoms with E-state index in [1.54, 1.807) is 7.05 Å². The molecule has 4 fully saturated rings. The van der Waals surface area contributed by atoms with Crippen LogP contribution in [0.5, 0.6) is 0 Å². The summed E-state index contributed by atoms with van der Waals surface area (Å²) in [4.78, 5) is 24.1. The van der Waals surface area contributed by atoms with Gasteiger partial charge in [-0.1, -0.05) is 26.7 Å². The van der Waals surface area contributed by atoms with Gasteiger partial charge in [0.25, 0.3) is 0 Å². The first-order valence-electron chi connectivity index (χ1n) is 9.77. The first-order valence-corrected chi connectivity index (χ1v) is 9.77. The van der Waals surface area contributed by atoms with Gasteiger partial charge in [-0.05, 0) is 67.1 Å². The molecule has 7 atom stereocenters. The Balaban J connectivity index is 0.00000121. The van der Waals surface area contributed by atoms with Crippen LogP contribution in [0.15, 0.2) is 0 Å². The molecule has 5 unspecified atom stereocenters. The van der Waals surface area contributed by atoms with Gasteiger partial charge in [0.2, 0.25) is 0 Å². The van der Waals surface area contributed by atoms with Crippen molar-refractivity contribution >= 4 is 11.8 Å². The van der Waals surface area contributed by atoms with Gasteiger partial charge in [-0.3, -0.25) is 0 Å². The van der Waals surface area contributed by atoms with Gasteiger partial charge < -0.3 is 20.2 Å². The summed E-state index contributed by atoms with van der Waals surface area (Å²) in [6.07, 6.45) is 8.43. The third kappa shape index (κ3) is 3.14. The minimum absolute atomic E-state index is 0. The van der Waals surface area contributed by atoms with Gasteiger partial charge in [0.05, 0.1) is 11.8 Å². The largest absolute Gasteiger partial charge is 1.00 e. The summed E-state index contributed by atoms with van der Waals surface area (Å²) in [6, 6.07) is 0.244. The third-order valence-electron chi connectivity index (χ3n) is 8.51. The van der Waals surface area contributed by atoms with E-state index in [4.69, 9.17) is 0 Å². The third-order valence-corrected chi connectivity index (χ3v) is 8.51. The van der Waals surface area contributed by atoms with Crippen LogP contribution in [0.25, 0.3) is 10.6 Å². The molecule has 2 amide bonds. The monoisotopic (exact) mass is 344 g/mol. The van der Waals surface area contributed by atoms with Crippen molar-refractivity contribution in [2.24, 2.45) is 34.5 Å². The molecule has 1 saturated heterocycles. The molecule has 0 aromatic carbocycles. The fraction of sp³-hybridized carbons (Fsp3) is 0.900. The number of fused-ring (bicyclic) bond motifs is 5. The maximum Gasteiger partial charge on any atom is 1.00 e. The molecule has 0 aromatic rings.